The summed E-state index contributed by atoms with van der Waals surface area (Å²) in [5.74, 6) is 0.0428. The molecule has 2 rings (SSSR count). The van der Waals surface area contributed by atoms with Crippen LogP contribution >= 0.6 is 11.6 Å². The van der Waals surface area contributed by atoms with Crippen molar-refractivity contribution < 1.29 is 10.0 Å². The Bertz CT molecular complexity index is 699. The lowest BCUT2D eigenvalue weighted by Crippen LogP contribution is -1.88. The molecule has 0 fully saturated rings. The molecule has 0 atom stereocenters. The summed E-state index contributed by atoms with van der Waals surface area (Å²) in [5.41, 5.74) is 1.69. The summed E-state index contributed by atoms with van der Waals surface area (Å²) in [6.45, 7) is 1.80. The summed E-state index contributed by atoms with van der Waals surface area (Å²) in [6.07, 6.45) is 1.42. The molecule has 0 aromatic heterocycles. The van der Waals surface area contributed by atoms with E-state index in [1.165, 1.54) is 24.4 Å². The third kappa shape index (κ3) is 3.13. The van der Waals surface area contributed by atoms with Gasteiger partial charge in [-0.25, -0.2) is 0 Å². The molecule has 1 N–H and O–H groups in total. The second-order valence-electron chi connectivity index (χ2n) is 4.19. The molecule has 0 radical (unpaired) electrons. The molecule has 2 aromatic rings. The first-order chi connectivity index (χ1) is 9.47. The minimum Gasteiger partial charge on any atom is -0.507 e. The van der Waals surface area contributed by atoms with Gasteiger partial charge in [-0.1, -0.05) is 17.7 Å². The molecule has 6 heteroatoms. The average Bonchev–Trinajstić information content (AvgIpc) is 2.41. The molecule has 0 unspecified atom stereocenters. The lowest BCUT2D eigenvalue weighted by atomic mass is 10.2. The Labute approximate surface area is 120 Å². The number of aryl methyl sites for hydroxylation is 1. The van der Waals surface area contributed by atoms with Crippen molar-refractivity contribution in [2.75, 3.05) is 0 Å². The number of aromatic hydroxyl groups is 1. The van der Waals surface area contributed by atoms with Gasteiger partial charge < -0.3 is 5.11 Å². The van der Waals surface area contributed by atoms with Crippen LogP contribution in [0.15, 0.2) is 41.4 Å². The van der Waals surface area contributed by atoms with E-state index in [4.69, 9.17) is 11.6 Å². The van der Waals surface area contributed by atoms with Crippen LogP contribution in [0.5, 0.6) is 5.75 Å². The molecular formula is C14H11ClN2O3. The molecule has 0 bridgehead atoms. The first kappa shape index (κ1) is 14.0. The number of phenolic OH excluding ortho intramolecular Hbond substituents is 1. The first-order valence-corrected chi connectivity index (χ1v) is 6.13. The number of phenols is 1. The highest BCUT2D eigenvalue weighted by Crippen LogP contribution is 2.25. The molecule has 5 nitrogen and oxygen atoms in total. The van der Waals surface area contributed by atoms with Gasteiger partial charge in [0.15, 0.2) is 0 Å². The lowest BCUT2D eigenvalue weighted by molar-refractivity contribution is -0.384. The van der Waals surface area contributed by atoms with E-state index in [9.17, 15) is 15.2 Å². The van der Waals surface area contributed by atoms with Crippen molar-refractivity contribution in [3.05, 3.63) is 62.7 Å². The number of benzene rings is 2. The van der Waals surface area contributed by atoms with Gasteiger partial charge in [0.25, 0.3) is 5.69 Å². The highest BCUT2D eigenvalue weighted by atomic mass is 35.5. The maximum atomic E-state index is 10.7. The summed E-state index contributed by atoms with van der Waals surface area (Å²) in [4.78, 5) is 14.4. The second-order valence-corrected chi connectivity index (χ2v) is 4.63. The molecule has 20 heavy (non-hydrogen) atoms. The molecule has 0 saturated heterocycles. The normalized spacial score (nSPS) is 10.9. The van der Waals surface area contributed by atoms with Gasteiger partial charge >= 0.3 is 0 Å². The first-order valence-electron chi connectivity index (χ1n) is 5.75. The predicted molar refractivity (Wildman–Crippen MR) is 78.2 cm³/mol. The van der Waals surface area contributed by atoms with Gasteiger partial charge in [0.1, 0.15) is 5.75 Å². The van der Waals surface area contributed by atoms with E-state index < -0.39 is 4.92 Å². The van der Waals surface area contributed by atoms with Crippen molar-refractivity contribution in [3.8, 4) is 5.75 Å². The fourth-order valence-corrected chi connectivity index (χ4v) is 1.80. The van der Waals surface area contributed by atoms with E-state index in [2.05, 4.69) is 4.99 Å². The standard InChI is InChI=1S/C14H11ClN2O3/c1-9-2-4-12(17(19)20)7-13(9)16-8-10-6-11(15)3-5-14(10)18/h2-8,18H,1H3. The van der Waals surface area contributed by atoms with E-state index in [0.717, 1.165) is 5.56 Å². The van der Waals surface area contributed by atoms with Crippen LogP contribution in [0.4, 0.5) is 11.4 Å². The van der Waals surface area contributed by atoms with E-state index in [0.29, 0.717) is 16.3 Å². The van der Waals surface area contributed by atoms with Crippen LogP contribution in [0.2, 0.25) is 5.02 Å². The lowest BCUT2D eigenvalue weighted by Gasteiger charge is -2.01. The van der Waals surface area contributed by atoms with E-state index in [-0.39, 0.29) is 11.4 Å². The van der Waals surface area contributed by atoms with Gasteiger partial charge in [-0.3, -0.25) is 15.1 Å². The van der Waals surface area contributed by atoms with Crippen LogP contribution in [0, 0.1) is 17.0 Å². The van der Waals surface area contributed by atoms with Crippen LogP contribution < -0.4 is 0 Å². The third-order valence-corrected chi connectivity index (χ3v) is 2.97. The maximum absolute atomic E-state index is 10.7. The van der Waals surface area contributed by atoms with Crippen molar-refractivity contribution in [2.24, 2.45) is 4.99 Å². The number of nitro benzene ring substituents is 1. The van der Waals surface area contributed by atoms with Crippen LogP contribution in [0.25, 0.3) is 0 Å². The minimum absolute atomic E-state index is 0.0296. The number of rotatable bonds is 3. The number of hydrogen-bond acceptors (Lipinski definition) is 4. The third-order valence-electron chi connectivity index (χ3n) is 2.74. The van der Waals surface area contributed by atoms with Crippen molar-refractivity contribution in [2.45, 2.75) is 6.92 Å². The van der Waals surface area contributed by atoms with Gasteiger partial charge in [-0.2, -0.15) is 0 Å². The van der Waals surface area contributed by atoms with Crippen LogP contribution in [0.1, 0.15) is 11.1 Å². The largest absolute Gasteiger partial charge is 0.507 e. The quantitative estimate of drug-likeness (QED) is 0.527. The Morgan fingerprint density at radius 1 is 1.30 bits per heavy atom. The van der Waals surface area contributed by atoms with E-state index in [1.807, 2.05) is 0 Å². The molecule has 2 aromatic carbocycles. The van der Waals surface area contributed by atoms with Crippen LogP contribution in [-0.2, 0) is 0 Å². The number of aliphatic imine (C=N–C) groups is 1. The fraction of sp³-hybridized carbons (Fsp3) is 0.0714. The van der Waals surface area contributed by atoms with Crippen LogP contribution in [0.3, 0.4) is 0 Å². The predicted octanol–water partition coefficient (Wildman–Crippen LogP) is 4.01. The zero-order valence-corrected chi connectivity index (χ0v) is 11.3. The molecule has 0 heterocycles. The molecular weight excluding hydrogens is 280 g/mol. The summed E-state index contributed by atoms with van der Waals surface area (Å²) in [5, 5.41) is 20.9. The molecule has 0 aliphatic heterocycles. The summed E-state index contributed by atoms with van der Waals surface area (Å²) in [6, 6.07) is 9.02. The summed E-state index contributed by atoms with van der Waals surface area (Å²) in [7, 11) is 0. The van der Waals surface area contributed by atoms with Crippen LogP contribution in [-0.4, -0.2) is 16.2 Å². The minimum atomic E-state index is -0.477. The number of nitro groups is 1. The van der Waals surface area contributed by atoms with Crippen molar-refractivity contribution in [1.29, 1.82) is 0 Å². The van der Waals surface area contributed by atoms with Gasteiger partial charge in [-0.15, -0.1) is 0 Å². The monoisotopic (exact) mass is 290 g/mol. The molecule has 0 amide bonds. The van der Waals surface area contributed by atoms with E-state index >= 15 is 0 Å². The Morgan fingerprint density at radius 3 is 2.75 bits per heavy atom. The van der Waals surface area contributed by atoms with Gasteiger partial charge in [0.2, 0.25) is 0 Å². The molecule has 0 aliphatic carbocycles. The zero-order chi connectivity index (χ0) is 14.7. The van der Waals surface area contributed by atoms with Gasteiger partial charge in [-0.05, 0) is 30.7 Å². The van der Waals surface area contributed by atoms with Crippen molar-refractivity contribution in [1.82, 2.24) is 0 Å². The number of hydrogen-bond donors (Lipinski definition) is 1. The SMILES string of the molecule is Cc1ccc([N+](=O)[O-])cc1N=Cc1cc(Cl)ccc1O. The fourth-order valence-electron chi connectivity index (χ4n) is 1.62. The number of halogens is 1. The second kappa shape index (κ2) is 5.71. The van der Waals surface area contributed by atoms with E-state index in [1.54, 1.807) is 25.1 Å². The molecule has 0 saturated carbocycles. The smallest absolute Gasteiger partial charge is 0.271 e. The highest BCUT2D eigenvalue weighted by Gasteiger charge is 2.07. The topological polar surface area (TPSA) is 75.7 Å². The van der Waals surface area contributed by atoms with Crippen molar-refractivity contribution in [3.63, 3.8) is 0 Å². The summed E-state index contributed by atoms with van der Waals surface area (Å²) < 4.78 is 0. The molecule has 0 aliphatic rings. The Morgan fingerprint density at radius 2 is 2.05 bits per heavy atom. The highest BCUT2D eigenvalue weighted by molar-refractivity contribution is 6.30. The van der Waals surface area contributed by atoms with Gasteiger partial charge in [0.05, 0.1) is 10.6 Å². The summed E-state index contributed by atoms with van der Waals surface area (Å²) >= 11 is 5.83. The Balaban J connectivity index is 2.38. The molecule has 102 valence electrons. The average molecular weight is 291 g/mol. The maximum Gasteiger partial charge on any atom is 0.271 e. The Kier molecular flexibility index (Phi) is 4.00. The Hall–Kier alpha value is -2.40. The van der Waals surface area contributed by atoms with Crippen molar-refractivity contribution >= 4 is 29.2 Å². The van der Waals surface area contributed by atoms with Gasteiger partial charge in [0, 0.05) is 28.9 Å². The number of nitrogens with zero attached hydrogens (tertiary/aromatic N) is 2. The molecule has 0 spiro atoms. The number of non-ortho nitro benzene ring substituents is 1. The zero-order valence-electron chi connectivity index (χ0n) is 10.6.